The van der Waals surface area contributed by atoms with E-state index in [0.717, 1.165) is 28.0 Å². The number of nitrogens with two attached hydrogens (primary N) is 1. The molecule has 0 spiro atoms. The molecule has 1 unspecified atom stereocenters. The van der Waals surface area contributed by atoms with E-state index in [1.54, 1.807) is 19.2 Å². The average Bonchev–Trinajstić information content (AvgIpc) is 2.40. The topological polar surface area (TPSA) is 35.2 Å². The maximum atomic E-state index is 12.9. The summed E-state index contributed by atoms with van der Waals surface area (Å²) in [5.41, 5.74) is 10.6. The number of aryl methyl sites for hydroxylation is 2. The van der Waals surface area contributed by atoms with Gasteiger partial charge in [0.15, 0.2) is 0 Å². The monoisotopic (exact) mass is 273 g/mol. The van der Waals surface area contributed by atoms with Crippen molar-refractivity contribution in [3.8, 4) is 5.75 Å². The average molecular weight is 273 g/mol. The van der Waals surface area contributed by atoms with Crippen molar-refractivity contribution in [2.24, 2.45) is 5.73 Å². The molecular formula is C17H20FNO. The smallest absolute Gasteiger partial charge is 0.124 e. The highest BCUT2D eigenvalue weighted by atomic mass is 19.1. The van der Waals surface area contributed by atoms with Crippen LogP contribution in [0, 0.1) is 19.7 Å². The Morgan fingerprint density at radius 3 is 2.40 bits per heavy atom. The van der Waals surface area contributed by atoms with E-state index in [9.17, 15) is 4.39 Å². The summed E-state index contributed by atoms with van der Waals surface area (Å²) in [4.78, 5) is 0. The van der Waals surface area contributed by atoms with Crippen molar-refractivity contribution in [2.45, 2.75) is 26.3 Å². The molecule has 0 heterocycles. The van der Waals surface area contributed by atoms with Gasteiger partial charge in [-0.05, 0) is 55.2 Å². The molecule has 3 heteroatoms. The van der Waals surface area contributed by atoms with E-state index in [-0.39, 0.29) is 11.9 Å². The number of hydrogen-bond donors (Lipinski definition) is 1. The van der Waals surface area contributed by atoms with Crippen molar-refractivity contribution in [3.05, 3.63) is 64.5 Å². The van der Waals surface area contributed by atoms with E-state index in [0.29, 0.717) is 6.42 Å². The molecule has 0 fully saturated rings. The first-order chi connectivity index (χ1) is 9.51. The molecule has 0 radical (unpaired) electrons. The molecule has 2 aromatic rings. The zero-order chi connectivity index (χ0) is 14.7. The molecule has 0 aromatic heterocycles. The van der Waals surface area contributed by atoms with E-state index in [2.05, 4.69) is 6.07 Å². The minimum Gasteiger partial charge on any atom is -0.496 e. The van der Waals surface area contributed by atoms with Crippen LogP contribution in [0.1, 0.15) is 28.3 Å². The van der Waals surface area contributed by atoms with Gasteiger partial charge in [0, 0.05) is 11.6 Å². The largest absolute Gasteiger partial charge is 0.496 e. The molecule has 1 atom stereocenters. The summed E-state index contributed by atoms with van der Waals surface area (Å²) in [6, 6.07) is 10.4. The lowest BCUT2D eigenvalue weighted by molar-refractivity contribution is 0.404. The van der Waals surface area contributed by atoms with Crippen LogP contribution in [0.3, 0.4) is 0 Å². The third-order valence-electron chi connectivity index (χ3n) is 3.45. The predicted molar refractivity (Wildman–Crippen MR) is 79.5 cm³/mol. The van der Waals surface area contributed by atoms with Crippen LogP contribution in [-0.4, -0.2) is 7.11 Å². The van der Waals surface area contributed by atoms with Crippen molar-refractivity contribution in [1.29, 1.82) is 0 Å². The molecule has 20 heavy (non-hydrogen) atoms. The van der Waals surface area contributed by atoms with Crippen LogP contribution in [0.5, 0.6) is 5.75 Å². The fourth-order valence-corrected chi connectivity index (χ4v) is 2.56. The van der Waals surface area contributed by atoms with E-state index in [4.69, 9.17) is 10.5 Å². The van der Waals surface area contributed by atoms with Gasteiger partial charge in [-0.15, -0.1) is 0 Å². The number of benzene rings is 2. The Morgan fingerprint density at radius 1 is 1.15 bits per heavy atom. The van der Waals surface area contributed by atoms with Crippen LogP contribution in [0.15, 0.2) is 36.4 Å². The number of rotatable bonds is 4. The molecular weight excluding hydrogens is 253 g/mol. The molecule has 0 saturated carbocycles. The highest BCUT2D eigenvalue weighted by molar-refractivity contribution is 5.45. The molecule has 0 amide bonds. The van der Waals surface area contributed by atoms with E-state index in [1.807, 2.05) is 19.9 Å². The van der Waals surface area contributed by atoms with Crippen molar-refractivity contribution in [3.63, 3.8) is 0 Å². The third kappa shape index (κ3) is 3.17. The maximum absolute atomic E-state index is 12.9. The Balaban J connectivity index is 2.29. The number of halogens is 1. The van der Waals surface area contributed by atoms with Crippen molar-refractivity contribution in [2.75, 3.05) is 7.11 Å². The summed E-state index contributed by atoms with van der Waals surface area (Å²) >= 11 is 0. The molecule has 2 rings (SSSR count). The Morgan fingerprint density at radius 2 is 1.80 bits per heavy atom. The van der Waals surface area contributed by atoms with Crippen LogP contribution in [0.4, 0.5) is 4.39 Å². The lowest BCUT2D eigenvalue weighted by Crippen LogP contribution is -2.16. The molecule has 0 saturated heterocycles. The number of methoxy groups -OCH3 is 1. The Labute approximate surface area is 119 Å². The molecule has 0 bridgehead atoms. The summed E-state index contributed by atoms with van der Waals surface area (Å²) in [7, 11) is 1.66. The fraction of sp³-hybridized carbons (Fsp3) is 0.294. The molecule has 2 aromatic carbocycles. The minimum atomic E-state index is -0.230. The van der Waals surface area contributed by atoms with Crippen LogP contribution in [-0.2, 0) is 6.42 Å². The first-order valence-corrected chi connectivity index (χ1v) is 6.66. The van der Waals surface area contributed by atoms with Gasteiger partial charge in [0.1, 0.15) is 11.6 Å². The minimum absolute atomic E-state index is 0.170. The highest BCUT2D eigenvalue weighted by Crippen LogP contribution is 2.30. The highest BCUT2D eigenvalue weighted by Gasteiger charge is 2.16. The second kappa shape index (κ2) is 6.06. The Bertz CT molecular complexity index is 593. The Hall–Kier alpha value is -1.87. The molecule has 0 aliphatic heterocycles. The molecule has 0 aliphatic rings. The van der Waals surface area contributed by atoms with Crippen molar-refractivity contribution in [1.82, 2.24) is 0 Å². The lowest BCUT2D eigenvalue weighted by atomic mass is 9.94. The third-order valence-corrected chi connectivity index (χ3v) is 3.45. The molecule has 0 aliphatic carbocycles. The standard InChI is InChI=1S/C17H20FNO/c1-11-8-12(2)17(16(9-11)20-3)15(19)10-13-4-6-14(18)7-5-13/h4-9,15H,10,19H2,1-3H3. The van der Waals surface area contributed by atoms with Gasteiger partial charge in [0.05, 0.1) is 7.11 Å². The van der Waals surface area contributed by atoms with Crippen LogP contribution >= 0.6 is 0 Å². The molecule has 106 valence electrons. The lowest BCUT2D eigenvalue weighted by Gasteiger charge is -2.19. The second-order valence-electron chi connectivity index (χ2n) is 5.13. The summed E-state index contributed by atoms with van der Waals surface area (Å²) in [5.74, 6) is 0.587. The normalized spacial score (nSPS) is 12.2. The van der Waals surface area contributed by atoms with Crippen LogP contribution in [0.25, 0.3) is 0 Å². The van der Waals surface area contributed by atoms with Crippen molar-refractivity contribution >= 4 is 0 Å². The first-order valence-electron chi connectivity index (χ1n) is 6.66. The summed E-state index contributed by atoms with van der Waals surface area (Å²) in [6.45, 7) is 4.07. The van der Waals surface area contributed by atoms with Gasteiger partial charge in [-0.3, -0.25) is 0 Å². The zero-order valence-electron chi connectivity index (χ0n) is 12.1. The maximum Gasteiger partial charge on any atom is 0.124 e. The first kappa shape index (κ1) is 14.5. The SMILES string of the molecule is COc1cc(C)cc(C)c1C(N)Cc1ccc(F)cc1. The second-order valence-corrected chi connectivity index (χ2v) is 5.13. The zero-order valence-corrected chi connectivity index (χ0v) is 12.1. The molecule has 2 nitrogen and oxygen atoms in total. The van der Waals surface area contributed by atoms with Crippen molar-refractivity contribution < 1.29 is 9.13 Å². The van der Waals surface area contributed by atoms with E-state index in [1.165, 1.54) is 12.1 Å². The van der Waals surface area contributed by atoms with Gasteiger partial charge in [0.2, 0.25) is 0 Å². The van der Waals surface area contributed by atoms with Crippen LogP contribution in [0.2, 0.25) is 0 Å². The summed E-state index contributed by atoms with van der Waals surface area (Å²) in [5, 5.41) is 0. The van der Waals surface area contributed by atoms with E-state index < -0.39 is 0 Å². The van der Waals surface area contributed by atoms with Gasteiger partial charge in [0.25, 0.3) is 0 Å². The van der Waals surface area contributed by atoms with Gasteiger partial charge in [-0.1, -0.05) is 18.2 Å². The van der Waals surface area contributed by atoms with Gasteiger partial charge in [-0.2, -0.15) is 0 Å². The Kier molecular flexibility index (Phi) is 4.40. The van der Waals surface area contributed by atoms with E-state index >= 15 is 0 Å². The summed E-state index contributed by atoms with van der Waals surface area (Å²) < 4.78 is 18.4. The number of ether oxygens (including phenoxy) is 1. The summed E-state index contributed by atoms with van der Waals surface area (Å²) in [6.07, 6.45) is 0.653. The predicted octanol–water partition coefficient (Wildman–Crippen LogP) is 3.69. The fourth-order valence-electron chi connectivity index (χ4n) is 2.56. The number of hydrogen-bond acceptors (Lipinski definition) is 2. The van der Waals surface area contributed by atoms with Gasteiger partial charge < -0.3 is 10.5 Å². The van der Waals surface area contributed by atoms with Gasteiger partial charge >= 0.3 is 0 Å². The quantitative estimate of drug-likeness (QED) is 0.922. The molecule has 2 N–H and O–H groups in total. The van der Waals surface area contributed by atoms with Gasteiger partial charge in [-0.25, -0.2) is 4.39 Å². The van der Waals surface area contributed by atoms with Crippen LogP contribution < -0.4 is 10.5 Å².